The summed E-state index contributed by atoms with van der Waals surface area (Å²) >= 11 is 5.30. The second-order valence-corrected chi connectivity index (χ2v) is 24.6. The third kappa shape index (κ3) is 16.6. The van der Waals surface area contributed by atoms with Gasteiger partial charge in [-0.05, 0) is 56.2 Å². The van der Waals surface area contributed by atoms with Gasteiger partial charge in [-0.15, -0.1) is 0 Å². The van der Waals surface area contributed by atoms with Crippen molar-refractivity contribution in [1.82, 2.24) is 0 Å². The molecule has 3 nitrogen and oxygen atoms in total. The molecule has 4 aromatic rings. The quantitative estimate of drug-likeness (QED) is 0.192. The summed E-state index contributed by atoms with van der Waals surface area (Å²) < 4.78 is 11.4. The van der Waals surface area contributed by atoms with Gasteiger partial charge in [-0.2, -0.15) is 0 Å². The van der Waals surface area contributed by atoms with Crippen LogP contribution in [0.25, 0.3) is 0 Å². The first-order valence-corrected chi connectivity index (χ1v) is 28.0. The number of ether oxygens (including phenoxy) is 2. The third-order valence-electron chi connectivity index (χ3n) is 5.70. The first-order chi connectivity index (χ1) is 21.4. The minimum absolute atomic E-state index is 0.0526. The Morgan fingerprint density at radius 1 is 0.682 bits per heavy atom. The first kappa shape index (κ1) is 44.5. The van der Waals surface area contributed by atoms with E-state index in [1.54, 1.807) is 0 Å². The van der Waals surface area contributed by atoms with Crippen molar-refractivity contribution < 1.29 is 27.5 Å². The molecule has 5 rings (SSSR count). The number of benzene rings is 4. The van der Waals surface area contributed by atoms with Crippen LogP contribution < -0.4 is 22.7 Å². The summed E-state index contributed by atoms with van der Waals surface area (Å²) in [5, 5.41) is 0. The van der Waals surface area contributed by atoms with Crippen molar-refractivity contribution in [3.63, 3.8) is 0 Å². The molecule has 6 heteroatoms. The maximum atomic E-state index is 12.4. The van der Waals surface area contributed by atoms with Crippen molar-refractivity contribution in [2.75, 3.05) is 0 Å². The summed E-state index contributed by atoms with van der Waals surface area (Å²) in [6, 6.07) is 29.8. The van der Waals surface area contributed by atoms with Gasteiger partial charge in [-0.1, -0.05) is 133 Å². The number of aryl methyl sites for hydroxylation is 3. The van der Waals surface area contributed by atoms with Gasteiger partial charge in [0.2, 0.25) is 0 Å². The van der Waals surface area contributed by atoms with E-state index in [1.807, 2.05) is 129 Å². The van der Waals surface area contributed by atoms with Crippen molar-refractivity contribution in [2.24, 2.45) is 0 Å². The van der Waals surface area contributed by atoms with Gasteiger partial charge in [0.05, 0.1) is 5.56 Å². The number of fused-ring (bicyclic) bond motifs is 2. The van der Waals surface area contributed by atoms with Gasteiger partial charge in [0.15, 0.2) is 5.78 Å². The van der Waals surface area contributed by atoms with E-state index in [-0.39, 0.29) is 5.78 Å². The van der Waals surface area contributed by atoms with Crippen molar-refractivity contribution in [1.29, 1.82) is 0 Å². The molecule has 4 aromatic carbocycles. The SMILES string of the molecule is CC.CC.CC.CC.Cc1ccc(OCc2ccccc2C)cc1.Cc1ccc2c(c1)C(=O)c1ccccc1CO2.I[I-]I. The molecule has 0 radical (unpaired) electrons. The Balaban J connectivity index is 0. The van der Waals surface area contributed by atoms with Crippen molar-refractivity contribution in [3.05, 3.63) is 130 Å². The Kier molecular flexibility index (Phi) is 29.1. The minimum atomic E-state index is 0.0526. The number of hydrogen-bond donors (Lipinski definition) is 0. The molecule has 0 bridgehead atoms. The molecule has 0 atom stereocenters. The Morgan fingerprint density at radius 3 is 1.80 bits per heavy atom. The van der Waals surface area contributed by atoms with Gasteiger partial charge >= 0.3 is 50.5 Å². The fourth-order valence-corrected chi connectivity index (χ4v) is 3.68. The van der Waals surface area contributed by atoms with Crippen LogP contribution in [0.5, 0.6) is 11.5 Å². The zero-order chi connectivity index (χ0) is 33.9. The average molecular weight is 938 g/mol. The molecule has 1 aliphatic rings. The zero-order valence-electron chi connectivity index (χ0n) is 28.4. The predicted octanol–water partition coefficient (Wildman–Crippen LogP) is 9.88. The molecule has 0 spiro atoms. The van der Waals surface area contributed by atoms with Crippen LogP contribution in [-0.2, 0) is 13.2 Å². The molecule has 0 unspecified atom stereocenters. The average Bonchev–Trinajstić information content (AvgIpc) is 3.22. The summed E-state index contributed by atoms with van der Waals surface area (Å²) in [6.07, 6.45) is 0. The number of carbonyl (C=O) groups is 1. The first-order valence-electron chi connectivity index (χ1n) is 15.4. The van der Waals surface area contributed by atoms with Gasteiger partial charge in [0.1, 0.15) is 24.7 Å². The molecule has 0 saturated carbocycles. The van der Waals surface area contributed by atoms with Crippen molar-refractivity contribution in [2.45, 2.75) is 89.4 Å². The van der Waals surface area contributed by atoms with E-state index in [9.17, 15) is 4.79 Å². The molecule has 44 heavy (non-hydrogen) atoms. The van der Waals surface area contributed by atoms with E-state index in [2.05, 4.69) is 75.3 Å². The number of ketones is 1. The van der Waals surface area contributed by atoms with Crippen LogP contribution >= 0.6 is 37.2 Å². The number of rotatable bonds is 3. The van der Waals surface area contributed by atoms with Gasteiger partial charge in [-0.25, -0.2) is 0 Å². The fraction of sp³-hybridized carbons (Fsp3) is 0.342. The van der Waals surface area contributed by atoms with E-state index < -0.39 is 0 Å². The van der Waals surface area contributed by atoms with E-state index in [0.29, 0.717) is 37.8 Å². The van der Waals surface area contributed by atoms with E-state index in [1.165, 1.54) is 16.7 Å². The summed E-state index contributed by atoms with van der Waals surface area (Å²) in [5.41, 5.74) is 7.19. The maximum absolute atomic E-state index is 12.4. The van der Waals surface area contributed by atoms with Gasteiger partial charge in [0.25, 0.3) is 0 Å². The molecular formula is C38H52I3O3-. The number of halogens is 3. The molecular weight excluding hydrogens is 885 g/mol. The van der Waals surface area contributed by atoms with Crippen LogP contribution in [0.1, 0.15) is 99.1 Å². The Morgan fingerprint density at radius 2 is 1.20 bits per heavy atom. The summed E-state index contributed by atoms with van der Waals surface area (Å²) in [5.74, 6) is 1.66. The molecule has 0 saturated heterocycles. The molecule has 0 fully saturated rings. The normalized spacial score (nSPS) is 9.89. The Hall–Kier alpha value is -1.66. The second kappa shape index (κ2) is 28.8. The molecule has 1 aliphatic heterocycles. The molecule has 0 N–H and O–H groups in total. The fourth-order valence-electron chi connectivity index (χ4n) is 3.68. The van der Waals surface area contributed by atoms with Crippen LogP contribution in [0.15, 0.2) is 91.0 Å². The molecule has 0 aliphatic carbocycles. The van der Waals surface area contributed by atoms with E-state index in [4.69, 9.17) is 9.47 Å². The summed E-state index contributed by atoms with van der Waals surface area (Å²) in [6.45, 7) is 23.2. The van der Waals surface area contributed by atoms with Crippen LogP contribution in [0.2, 0.25) is 0 Å². The standard InChI is InChI=1S/C15H12O2.C15H16O.4C2H6.I3/c1-10-6-7-14-13(8-10)15(16)12-5-3-2-4-11(12)9-17-14;1-12-7-9-15(10-8-12)16-11-14-6-4-3-5-13(14)2;4*1-2;1-3-2/h2-8H,9H2,1H3;3-10H,11H2,1-2H3;4*1-2H3;/q;;;;;;-1. The van der Waals surface area contributed by atoms with E-state index in [0.717, 1.165) is 22.4 Å². The summed E-state index contributed by atoms with van der Waals surface area (Å²) in [4.78, 5) is 12.4. The van der Waals surface area contributed by atoms with Crippen LogP contribution in [0.4, 0.5) is 0 Å². The Labute approximate surface area is 298 Å². The number of carbonyl (C=O) groups excluding carboxylic acids is 1. The van der Waals surface area contributed by atoms with Gasteiger partial charge < -0.3 is 9.47 Å². The molecule has 0 amide bonds. The van der Waals surface area contributed by atoms with Crippen LogP contribution in [0, 0.1) is 20.8 Å². The van der Waals surface area contributed by atoms with Crippen LogP contribution in [-0.4, -0.2) is 5.78 Å². The molecule has 0 aromatic heterocycles. The van der Waals surface area contributed by atoms with Gasteiger partial charge in [-0.3, -0.25) is 4.79 Å². The molecule has 1 heterocycles. The topological polar surface area (TPSA) is 35.5 Å². The van der Waals surface area contributed by atoms with E-state index >= 15 is 0 Å². The Bertz CT molecular complexity index is 1290. The summed E-state index contributed by atoms with van der Waals surface area (Å²) in [7, 11) is 0. The second-order valence-electron chi connectivity index (χ2n) is 8.36. The monoisotopic (exact) mass is 937 g/mol. The van der Waals surface area contributed by atoms with Crippen molar-refractivity contribution in [3.8, 4) is 11.5 Å². The number of hydrogen-bond acceptors (Lipinski definition) is 3. The zero-order valence-corrected chi connectivity index (χ0v) is 34.9. The van der Waals surface area contributed by atoms with Crippen LogP contribution in [0.3, 0.4) is 0 Å². The van der Waals surface area contributed by atoms with Crippen molar-refractivity contribution >= 4 is 43.0 Å². The predicted molar refractivity (Wildman–Crippen MR) is 206 cm³/mol. The van der Waals surface area contributed by atoms with Gasteiger partial charge in [0, 0.05) is 11.1 Å². The third-order valence-corrected chi connectivity index (χ3v) is 5.70. The molecule has 244 valence electrons.